The van der Waals surface area contributed by atoms with Crippen molar-refractivity contribution in [1.82, 2.24) is 10.3 Å². The molecule has 0 aliphatic carbocycles. The number of thiocarbonyl (C=S) groups is 1. The lowest BCUT2D eigenvalue weighted by atomic mass is 10.1. The number of benzene rings is 1. The molecule has 2 aromatic rings. The summed E-state index contributed by atoms with van der Waals surface area (Å²) in [6.07, 6.45) is 1.71. The summed E-state index contributed by atoms with van der Waals surface area (Å²) in [5, 5.41) is 6.75. The second-order valence-corrected chi connectivity index (χ2v) is 6.11. The van der Waals surface area contributed by atoms with E-state index in [2.05, 4.69) is 31.5 Å². The molecule has 1 atom stereocenters. The minimum atomic E-state index is -0.0597. The lowest BCUT2D eigenvalue weighted by molar-refractivity contribution is 0.395. The Morgan fingerprint density at radius 3 is 2.61 bits per heavy atom. The number of halogens is 1. The van der Waals surface area contributed by atoms with Crippen molar-refractivity contribution >= 4 is 39.1 Å². The maximum Gasteiger partial charge on any atom is 0.172 e. The molecule has 0 radical (unpaired) electrons. The third-order valence-electron chi connectivity index (χ3n) is 3.22. The van der Waals surface area contributed by atoms with E-state index in [1.807, 2.05) is 37.3 Å². The number of hydrogen-bond donors (Lipinski definition) is 2. The first-order valence-electron chi connectivity index (χ1n) is 6.94. The summed E-state index contributed by atoms with van der Waals surface area (Å²) in [6, 6.07) is 9.34. The lowest BCUT2D eigenvalue weighted by Gasteiger charge is -2.20. The van der Waals surface area contributed by atoms with Gasteiger partial charge >= 0.3 is 0 Å². The van der Waals surface area contributed by atoms with E-state index in [0.29, 0.717) is 10.9 Å². The van der Waals surface area contributed by atoms with Crippen LogP contribution in [0.3, 0.4) is 0 Å². The highest BCUT2D eigenvalue weighted by Crippen LogP contribution is 2.29. The Balaban J connectivity index is 2.07. The third kappa shape index (κ3) is 4.80. The largest absolute Gasteiger partial charge is 0.497 e. The molecule has 0 fully saturated rings. The van der Waals surface area contributed by atoms with Crippen LogP contribution < -0.4 is 20.1 Å². The molecule has 0 bridgehead atoms. The second-order valence-electron chi connectivity index (χ2n) is 4.79. The molecule has 23 heavy (non-hydrogen) atoms. The molecular formula is C16H18BrN3O2S. The number of nitrogens with zero attached hydrogens (tertiary/aromatic N) is 1. The number of aromatic nitrogens is 1. The smallest absolute Gasteiger partial charge is 0.172 e. The summed E-state index contributed by atoms with van der Waals surface area (Å²) in [5.74, 6) is 2.22. The van der Waals surface area contributed by atoms with Crippen molar-refractivity contribution in [1.29, 1.82) is 0 Å². The first-order valence-corrected chi connectivity index (χ1v) is 8.14. The van der Waals surface area contributed by atoms with Gasteiger partial charge in [0.2, 0.25) is 0 Å². The predicted octanol–water partition coefficient (Wildman–Crippen LogP) is 3.91. The fourth-order valence-electron chi connectivity index (χ4n) is 2.05. The summed E-state index contributed by atoms with van der Waals surface area (Å²) in [5.41, 5.74) is 0.958. The molecular weight excluding hydrogens is 378 g/mol. The summed E-state index contributed by atoms with van der Waals surface area (Å²) < 4.78 is 11.6. The van der Waals surface area contributed by atoms with Crippen molar-refractivity contribution in [2.75, 3.05) is 19.5 Å². The zero-order valence-corrected chi connectivity index (χ0v) is 15.5. The highest BCUT2D eigenvalue weighted by Gasteiger charge is 2.14. The van der Waals surface area contributed by atoms with E-state index in [4.69, 9.17) is 21.7 Å². The summed E-state index contributed by atoms with van der Waals surface area (Å²) in [7, 11) is 3.27. The predicted molar refractivity (Wildman–Crippen MR) is 99.3 cm³/mol. The van der Waals surface area contributed by atoms with Gasteiger partial charge in [0.05, 0.1) is 20.3 Å². The van der Waals surface area contributed by atoms with Crippen LogP contribution in [0.4, 0.5) is 5.82 Å². The minimum Gasteiger partial charge on any atom is -0.497 e. The molecule has 2 N–H and O–H groups in total. The van der Waals surface area contributed by atoms with Gasteiger partial charge in [-0.15, -0.1) is 0 Å². The van der Waals surface area contributed by atoms with Crippen molar-refractivity contribution in [2.45, 2.75) is 13.0 Å². The van der Waals surface area contributed by atoms with Crippen LogP contribution in [0, 0.1) is 0 Å². The van der Waals surface area contributed by atoms with Crippen molar-refractivity contribution in [3.63, 3.8) is 0 Å². The molecule has 0 amide bonds. The van der Waals surface area contributed by atoms with Gasteiger partial charge < -0.3 is 20.1 Å². The molecule has 0 aliphatic rings. The summed E-state index contributed by atoms with van der Waals surface area (Å²) in [6.45, 7) is 2.00. The Morgan fingerprint density at radius 1 is 1.22 bits per heavy atom. The van der Waals surface area contributed by atoms with Crippen molar-refractivity contribution in [3.05, 3.63) is 46.6 Å². The van der Waals surface area contributed by atoms with Gasteiger partial charge in [-0.05, 0) is 65.4 Å². The van der Waals surface area contributed by atoms with Gasteiger partial charge in [0.15, 0.2) is 5.11 Å². The lowest BCUT2D eigenvalue weighted by Crippen LogP contribution is -2.31. The maximum atomic E-state index is 5.40. The van der Waals surface area contributed by atoms with Crippen LogP contribution in [0.1, 0.15) is 18.5 Å². The molecule has 1 aromatic carbocycles. The van der Waals surface area contributed by atoms with Crippen LogP contribution in [-0.2, 0) is 0 Å². The zero-order chi connectivity index (χ0) is 16.8. The number of methoxy groups -OCH3 is 2. The van der Waals surface area contributed by atoms with E-state index in [1.54, 1.807) is 20.4 Å². The van der Waals surface area contributed by atoms with E-state index in [-0.39, 0.29) is 6.04 Å². The van der Waals surface area contributed by atoms with Crippen molar-refractivity contribution in [3.8, 4) is 11.5 Å². The third-order valence-corrected chi connectivity index (χ3v) is 3.91. The van der Waals surface area contributed by atoms with Gasteiger partial charge in [-0.2, -0.15) is 0 Å². The van der Waals surface area contributed by atoms with Crippen molar-refractivity contribution < 1.29 is 9.47 Å². The Kier molecular flexibility index (Phi) is 6.18. The standard InChI is InChI=1S/C16H18BrN3O2S/c1-10(13-8-12(21-2)5-6-14(13)22-3)19-16(23)20-15-7-4-11(17)9-18-15/h4-10H,1-3H3,(H2,18,19,20,23). The average Bonchev–Trinajstić information content (AvgIpc) is 2.56. The molecule has 0 saturated heterocycles. The quantitative estimate of drug-likeness (QED) is 0.748. The van der Waals surface area contributed by atoms with Crippen LogP contribution in [-0.4, -0.2) is 24.3 Å². The molecule has 0 saturated carbocycles. The first kappa shape index (κ1) is 17.5. The van der Waals surface area contributed by atoms with Crippen LogP contribution in [0.25, 0.3) is 0 Å². The van der Waals surface area contributed by atoms with Crippen LogP contribution in [0.15, 0.2) is 41.0 Å². The van der Waals surface area contributed by atoms with Gasteiger partial charge in [0, 0.05) is 16.2 Å². The van der Waals surface area contributed by atoms with Gasteiger partial charge in [0.1, 0.15) is 17.3 Å². The van der Waals surface area contributed by atoms with E-state index in [1.165, 1.54) is 0 Å². The van der Waals surface area contributed by atoms with Crippen LogP contribution >= 0.6 is 28.1 Å². The maximum absolute atomic E-state index is 5.40. The van der Waals surface area contributed by atoms with Gasteiger partial charge in [0.25, 0.3) is 0 Å². The molecule has 2 rings (SSSR count). The molecule has 1 unspecified atom stereocenters. The Morgan fingerprint density at radius 2 is 2.00 bits per heavy atom. The van der Waals surface area contributed by atoms with E-state index in [9.17, 15) is 0 Å². The highest BCUT2D eigenvalue weighted by atomic mass is 79.9. The Bertz CT molecular complexity index is 680. The molecule has 5 nitrogen and oxygen atoms in total. The van der Waals surface area contributed by atoms with Gasteiger partial charge in [-0.25, -0.2) is 4.98 Å². The normalized spacial score (nSPS) is 11.5. The molecule has 0 aliphatic heterocycles. The molecule has 0 spiro atoms. The number of hydrogen-bond acceptors (Lipinski definition) is 4. The molecule has 122 valence electrons. The summed E-state index contributed by atoms with van der Waals surface area (Å²) in [4.78, 5) is 4.23. The zero-order valence-electron chi connectivity index (χ0n) is 13.1. The highest BCUT2D eigenvalue weighted by molar-refractivity contribution is 9.10. The van der Waals surface area contributed by atoms with Crippen LogP contribution in [0.2, 0.25) is 0 Å². The number of pyridine rings is 1. The molecule has 7 heteroatoms. The second kappa shape index (κ2) is 8.12. The molecule has 1 heterocycles. The topological polar surface area (TPSA) is 55.4 Å². The number of nitrogens with one attached hydrogen (secondary N) is 2. The van der Waals surface area contributed by atoms with E-state index < -0.39 is 0 Å². The summed E-state index contributed by atoms with van der Waals surface area (Å²) >= 11 is 8.69. The molecule has 1 aromatic heterocycles. The SMILES string of the molecule is COc1ccc(OC)c(C(C)NC(=S)Nc2ccc(Br)cn2)c1. The fraction of sp³-hybridized carbons (Fsp3) is 0.250. The monoisotopic (exact) mass is 395 g/mol. The van der Waals surface area contributed by atoms with Gasteiger partial charge in [-0.3, -0.25) is 0 Å². The van der Waals surface area contributed by atoms with E-state index in [0.717, 1.165) is 21.5 Å². The van der Waals surface area contributed by atoms with Gasteiger partial charge in [-0.1, -0.05) is 0 Å². The van der Waals surface area contributed by atoms with Crippen molar-refractivity contribution in [2.24, 2.45) is 0 Å². The first-order chi connectivity index (χ1) is 11.0. The van der Waals surface area contributed by atoms with Crippen LogP contribution in [0.5, 0.6) is 11.5 Å². The average molecular weight is 396 g/mol. The number of anilines is 1. The number of ether oxygens (including phenoxy) is 2. The van der Waals surface area contributed by atoms with E-state index >= 15 is 0 Å². The Hall–Kier alpha value is -1.86. The fourth-order valence-corrected chi connectivity index (χ4v) is 2.57. The number of rotatable bonds is 5. The Labute approximate surface area is 149 Å². The minimum absolute atomic E-state index is 0.0597.